The average Bonchev–Trinajstić information content (AvgIpc) is 2.85. The minimum atomic E-state index is -0.531. The molecule has 1 saturated heterocycles. The second-order valence-corrected chi connectivity index (χ2v) is 5.73. The summed E-state index contributed by atoms with van der Waals surface area (Å²) in [5.41, 5.74) is 0. The number of nitrogens with one attached hydrogen (secondary N) is 1. The fraction of sp³-hybridized carbons (Fsp3) is 0.500. The summed E-state index contributed by atoms with van der Waals surface area (Å²) in [6, 6.07) is 1.16. The normalized spacial score (nSPS) is 17.1. The third-order valence-electron chi connectivity index (χ3n) is 2.85. The largest absolute Gasteiger partial charge is 0.378 e. The number of nitrogens with zero attached hydrogens (tertiary/aromatic N) is 1. The molecule has 0 saturated carbocycles. The van der Waals surface area contributed by atoms with Crippen molar-refractivity contribution in [2.45, 2.75) is 17.9 Å². The van der Waals surface area contributed by atoms with E-state index in [0.717, 1.165) is 4.90 Å². The van der Waals surface area contributed by atoms with Crippen LogP contribution in [0.15, 0.2) is 16.3 Å². The third kappa shape index (κ3) is 3.71. The van der Waals surface area contributed by atoms with E-state index in [1.165, 1.54) is 11.3 Å². The van der Waals surface area contributed by atoms with Crippen LogP contribution in [0.25, 0.3) is 0 Å². The molecule has 1 aliphatic heterocycles. The number of hydrogen-bond acceptors (Lipinski definition) is 5. The van der Waals surface area contributed by atoms with E-state index >= 15 is 0 Å². The standard InChI is InChI=1S/C12H16N2O3S2/c1-8(12(16)14-2-4-17-5-3-14)13-11(15)10-6-9(18)7-19-10/h6-8,18H,2-5H2,1H3,(H,13,15). The Morgan fingerprint density at radius 2 is 2.16 bits per heavy atom. The van der Waals surface area contributed by atoms with Gasteiger partial charge in [-0.05, 0) is 13.0 Å². The molecule has 1 fully saturated rings. The first-order valence-corrected chi connectivity index (χ1v) is 7.35. The van der Waals surface area contributed by atoms with E-state index in [-0.39, 0.29) is 11.8 Å². The maximum atomic E-state index is 12.1. The van der Waals surface area contributed by atoms with Crippen molar-refractivity contribution in [1.29, 1.82) is 0 Å². The van der Waals surface area contributed by atoms with Crippen LogP contribution in [0.4, 0.5) is 0 Å². The van der Waals surface area contributed by atoms with E-state index in [2.05, 4.69) is 17.9 Å². The molecular formula is C12H16N2O3S2. The van der Waals surface area contributed by atoms with Gasteiger partial charge in [0.15, 0.2) is 0 Å². The number of ether oxygens (including phenoxy) is 1. The molecule has 1 aliphatic rings. The third-order valence-corrected chi connectivity index (χ3v) is 4.21. The van der Waals surface area contributed by atoms with E-state index in [9.17, 15) is 9.59 Å². The quantitative estimate of drug-likeness (QED) is 0.819. The Balaban J connectivity index is 1.91. The molecule has 0 aromatic carbocycles. The van der Waals surface area contributed by atoms with Crippen molar-refractivity contribution in [2.75, 3.05) is 26.3 Å². The molecule has 19 heavy (non-hydrogen) atoms. The molecule has 1 atom stereocenters. The SMILES string of the molecule is CC(NC(=O)c1cc(S)cs1)C(=O)N1CCOCC1. The molecule has 1 N–H and O–H groups in total. The van der Waals surface area contributed by atoms with Crippen molar-refractivity contribution in [3.8, 4) is 0 Å². The van der Waals surface area contributed by atoms with Crippen molar-refractivity contribution in [1.82, 2.24) is 10.2 Å². The smallest absolute Gasteiger partial charge is 0.262 e. The second-order valence-electron chi connectivity index (χ2n) is 4.30. The number of hydrogen-bond donors (Lipinski definition) is 2. The molecule has 1 unspecified atom stereocenters. The maximum absolute atomic E-state index is 12.1. The summed E-state index contributed by atoms with van der Waals surface area (Å²) in [5.74, 6) is -0.307. The van der Waals surface area contributed by atoms with Crippen molar-refractivity contribution in [3.63, 3.8) is 0 Å². The van der Waals surface area contributed by atoms with E-state index in [1.54, 1.807) is 23.3 Å². The highest BCUT2D eigenvalue weighted by atomic mass is 32.1. The Morgan fingerprint density at radius 1 is 1.47 bits per heavy atom. The average molecular weight is 300 g/mol. The molecule has 1 aromatic rings. The lowest BCUT2D eigenvalue weighted by atomic mass is 10.2. The molecule has 0 aliphatic carbocycles. The van der Waals surface area contributed by atoms with Crippen LogP contribution in [0.5, 0.6) is 0 Å². The first-order valence-electron chi connectivity index (χ1n) is 6.03. The van der Waals surface area contributed by atoms with Gasteiger partial charge in [0.25, 0.3) is 5.91 Å². The van der Waals surface area contributed by atoms with Gasteiger partial charge in [0.2, 0.25) is 5.91 Å². The number of amides is 2. The number of thiophene rings is 1. The van der Waals surface area contributed by atoms with Gasteiger partial charge in [-0.1, -0.05) is 0 Å². The van der Waals surface area contributed by atoms with Crippen LogP contribution in [-0.4, -0.2) is 49.1 Å². The van der Waals surface area contributed by atoms with Gasteiger partial charge in [-0.3, -0.25) is 9.59 Å². The van der Waals surface area contributed by atoms with Crippen LogP contribution in [-0.2, 0) is 9.53 Å². The summed E-state index contributed by atoms with van der Waals surface area (Å²) in [6.45, 7) is 3.98. The van der Waals surface area contributed by atoms with Crippen LogP contribution in [0.2, 0.25) is 0 Å². The Labute approximate surface area is 121 Å². The fourth-order valence-electron chi connectivity index (χ4n) is 1.83. The Kier molecular flexibility index (Phi) is 4.84. The summed E-state index contributed by atoms with van der Waals surface area (Å²) in [7, 11) is 0. The molecule has 2 amide bonds. The zero-order valence-electron chi connectivity index (χ0n) is 10.6. The number of carbonyl (C=O) groups excluding carboxylic acids is 2. The Hall–Kier alpha value is -1.05. The molecule has 0 radical (unpaired) electrons. The van der Waals surface area contributed by atoms with Crippen LogP contribution in [0, 0.1) is 0 Å². The molecule has 0 spiro atoms. The summed E-state index contributed by atoms with van der Waals surface area (Å²) < 4.78 is 5.19. The number of morpholine rings is 1. The maximum Gasteiger partial charge on any atom is 0.262 e. The second kappa shape index (κ2) is 6.40. The summed E-state index contributed by atoms with van der Waals surface area (Å²) in [5, 5.41) is 4.50. The predicted molar refractivity (Wildman–Crippen MR) is 75.9 cm³/mol. The van der Waals surface area contributed by atoms with Gasteiger partial charge < -0.3 is 15.0 Å². The molecule has 2 rings (SSSR count). The van der Waals surface area contributed by atoms with Crippen LogP contribution in [0.1, 0.15) is 16.6 Å². The zero-order valence-corrected chi connectivity index (χ0v) is 12.3. The number of carbonyl (C=O) groups is 2. The first-order chi connectivity index (χ1) is 9.08. The molecule has 7 heteroatoms. The minimum Gasteiger partial charge on any atom is -0.378 e. The highest BCUT2D eigenvalue weighted by Gasteiger charge is 2.24. The molecular weight excluding hydrogens is 284 g/mol. The van der Waals surface area contributed by atoms with Gasteiger partial charge in [0.1, 0.15) is 6.04 Å². The molecule has 5 nitrogen and oxygen atoms in total. The van der Waals surface area contributed by atoms with Crippen molar-refractivity contribution in [2.24, 2.45) is 0 Å². The lowest BCUT2D eigenvalue weighted by Crippen LogP contribution is -2.50. The summed E-state index contributed by atoms with van der Waals surface area (Å²) in [6.07, 6.45) is 0. The molecule has 104 valence electrons. The van der Waals surface area contributed by atoms with Gasteiger partial charge >= 0.3 is 0 Å². The van der Waals surface area contributed by atoms with Gasteiger partial charge in [0.05, 0.1) is 18.1 Å². The van der Waals surface area contributed by atoms with E-state index in [1.807, 2.05) is 0 Å². The zero-order chi connectivity index (χ0) is 13.8. The summed E-state index contributed by atoms with van der Waals surface area (Å²) >= 11 is 5.47. The summed E-state index contributed by atoms with van der Waals surface area (Å²) in [4.78, 5) is 27.1. The highest BCUT2D eigenvalue weighted by Crippen LogP contribution is 2.17. The molecule has 0 bridgehead atoms. The lowest BCUT2D eigenvalue weighted by Gasteiger charge is -2.29. The van der Waals surface area contributed by atoms with Crippen molar-refractivity contribution < 1.29 is 14.3 Å². The highest BCUT2D eigenvalue weighted by molar-refractivity contribution is 7.80. The van der Waals surface area contributed by atoms with Crippen LogP contribution < -0.4 is 5.32 Å². The van der Waals surface area contributed by atoms with Crippen LogP contribution >= 0.6 is 24.0 Å². The topological polar surface area (TPSA) is 58.6 Å². The first kappa shape index (κ1) is 14.4. The van der Waals surface area contributed by atoms with Crippen LogP contribution in [0.3, 0.4) is 0 Å². The van der Waals surface area contributed by atoms with Gasteiger partial charge in [-0.15, -0.1) is 24.0 Å². The van der Waals surface area contributed by atoms with Gasteiger partial charge in [0, 0.05) is 23.4 Å². The fourth-order valence-corrected chi connectivity index (χ4v) is 2.88. The van der Waals surface area contributed by atoms with Gasteiger partial charge in [-0.25, -0.2) is 0 Å². The van der Waals surface area contributed by atoms with E-state index < -0.39 is 6.04 Å². The van der Waals surface area contributed by atoms with Crippen molar-refractivity contribution in [3.05, 3.63) is 16.3 Å². The van der Waals surface area contributed by atoms with E-state index in [4.69, 9.17) is 4.74 Å². The molecule has 1 aromatic heterocycles. The number of rotatable bonds is 3. The number of thiol groups is 1. The molecule has 2 heterocycles. The Bertz CT molecular complexity index is 469. The van der Waals surface area contributed by atoms with Crippen molar-refractivity contribution >= 4 is 35.8 Å². The van der Waals surface area contributed by atoms with Gasteiger partial charge in [-0.2, -0.15) is 0 Å². The predicted octanol–water partition coefficient (Wildman–Crippen LogP) is 1.01. The monoisotopic (exact) mass is 300 g/mol. The Morgan fingerprint density at radius 3 is 2.74 bits per heavy atom. The lowest BCUT2D eigenvalue weighted by molar-refractivity contribution is -0.136. The minimum absolute atomic E-state index is 0.0701. The van der Waals surface area contributed by atoms with E-state index in [0.29, 0.717) is 31.2 Å².